The Labute approximate surface area is 224 Å². The zero-order valence-corrected chi connectivity index (χ0v) is 23.1. The fourth-order valence-electron chi connectivity index (χ4n) is 4.29. The molecule has 1 aromatic heterocycles. The van der Waals surface area contributed by atoms with Gasteiger partial charge in [-0.25, -0.2) is 13.2 Å². The minimum absolute atomic E-state index is 0.295. The summed E-state index contributed by atoms with van der Waals surface area (Å²) in [6, 6.07) is 14.5. The lowest BCUT2D eigenvalue weighted by molar-refractivity contribution is 0.116. The van der Waals surface area contributed by atoms with E-state index in [0.29, 0.717) is 42.8 Å². The van der Waals surface area contributed by atoms with E-state index >= 15 is 0 Å². The summed E-state index contributed by atoms with van der Waals surface area (Å²) < 4.78 is 37.9. The predicted molar refractivity (Wildman–Crippen MR) is 144 cm³/mol. The smallest absolute Gasteiger partial charge is 0.414 e. The molecule has 1 atom stereocenters. The maximum atomic E-state index is 13.0. The predicted octanol–water partition coefficient (Wildman–Crippen LogP) is 3.97. The molecular formula is C27H35N5O5S. The summed E-state index contributed by atoms with van der Waals surface area (Å²) >= 11 is 0. The zero-order chi connectivity index (χ0) is 27.3. The maximum Gasteiger partial charge on any atom is 0.414 e. The number of carbonyl (C=O) groups excluding carboxylic acids is 1. The highest BCUT2D eigenvalue weighted by Gasteiger charge is 2.33. The average molecular weight is 542 g/mol. The van der Waals surface area contributed by atoms with Gasteiger partial charge in [-0.3, -0.25) is 4.90 Å². The fourth-order valence-corrected chi connectivity index (χ4v) is 5.46. The van der Waals surface area contributed by atoms with E-state index in [0.717, 1.165) is 36.1 Å². The van der Waals surface area contributed by atoms with E-state index in [-0.39, 0.29) is 6.10 Å². The number of hydrogen-bond acceptors (Lipinski definition) is 8. The second-order valence-electron chi connectivity index (χ2n) is 9.64. The number of likely N-dealkylation sites (N-methyl/N-ethyl adjacent to an activating group) is 2. The molecule has 1 saturated heterocycles. The molecule has 4 rings (SSSR count). The molecule has 204 valence electrons. The number of ether oxygens (including phenoxy) is 1. The van der Waals surface area contributed by atoms with Crippen molar-refractivity contribution in [2.75, 3.05) is 45.2 Å². The van der Waals surface area contributed by atoms with E-state index in [9.17, 15) is 13.2 Å². The van der Waals surface area contributed by atoms with Gasteiger partial charge in [0.2, 0.25) is 21.7 Å². The normalized spacial score (nSPS) is 16.0. The second kappa shape index (κ2) is 12.1. The molecule has 0 bridgehead atoms. The number of carbonyl (C=O) groups is 1. The van der Waals surface area contributed by atoms with Crippen LogP contribution in [0.25, 0.3) is 11.4 Å². The molecular weight excluding hydrogens is 506 g/mol. The number of hydrogen-bond donors (Lipinski definition) is 0. The van der Waals surface area contributed by atoms with E-state index < -0.39 is 16.1 Å². The highest BCUT2D eigenvalue weighted by molar-refractivity contribution is 7.89. The van der Waals surface area contributed by atoms with Crippen LogP contribution in [0.15, 0.2) is 57.9 Å². The van der Waals surface area contributed by atoms with Crippen LogP contribution in [0.2, 0.25) is 0 Å². The zero-order valence-electron chi connectivity index (χ0n) is 22.3. The Morgan fingerprint density at radius 2 is 1.76 bits per heavy atom. The number of amides is 1. The summed E-state index contributed by atoms with van der Waals surface area (Å²) in [5.74, 6) is 0.980. The van der Waals surface area contributed by atoms with E-state index in [1.807, 2.05) is 48.3 Å². The lowest BCUT2D eigenvalue weighted by Gasteiger charge is -2.23. The highest BCUT2D eigenvalue weighted by Crippen LogP contribution is 2.25. The third-order valence-electron chi connectivity index (χ3n) is 6.60. The summed E-state index contributed by atoms with van der Waals surface area (Å²) in [6.07, 6.45) is 2.40. The number of aromatic nitrogens is 2. The molecule has 11 heteroatoms. The van der Waals surface area contributed by atoms with Crippen LogP contribution in [-0.2, 0) is 21.2 Å². The molecule has 1 aliphatic heterocycles. The van der Waals surface area contributed by atoms with Crippen molar-refractivity contribution in [1.29, 1.82) is 0 Å². The number of aryl methyl sites for hydroxylation is 2. The fraction of sp³-hybridized carbons (Fsp3) is 0.444. The van der Waals surface area contributed by atoms with Gasteiger partial charge < -0.3 is 14.2 Å². The molecule has 0 spiro atoms. The second-order valence-corrected chi connectivity index (χ2v) is 11.7. The van der Waals surface area contributed by atoms with Gasteiger partial charge >= 0.3 is 6.09 Å². The Hall–Kier alpha value is -3.28. The summed E-state index contributed by atoms with van der Waals surface area (Å²) in [5.41, 5.74) is 2.66. The number of sulfonamides is 1. The Morgan fingerprint density at radius 1 is 1.05 bits per heavy atom. The van der Waals surface area contributed by atoms with Gasteiger partial charge in [0.1, 0.15) is 6.10 Å². The molecule has 3 aromatic rings. The number of unbranched alkanes of at least 4 members (excludes halogenated alkanes) is 1. The first kappa shape index (κ1) is 27.7. The summed E-state index contributed by atoms with van der Waals surface area (Å²) in [5, 5.41) is 3.91. The highest BCUT2D eigenvalue weighted by atomic mass is 32.2. The third kappa shape index (κ3) is 6.58. The molecule has 0 N–H and O–H groups in total. The number of anilines is 1. The number of rotatable bonds is 12. The molecule has 0 saturated carbocycles. The molecule has 0 aliphatic carbocycles. The minimum atomic E-state index is -3.58. The minimum Gasteiger partial charge on any atom is -0.443 e. The van der Waals surface area contributed by atoms with E-state index in [1.54, 1.807) is 31.0 Å². The number of benzene rings is 2. The van der Waals surface area contributed by atoms with Crippen LogP contribution in [0.5, 0.6) is 0 Å². The standard InChI is InChI=1S/C27H35N5O5S/c1-5-6-7-21-8-14-25(15-9-21)38(34,35)31(4)17-16-30(3)18-24-19-32(27(33)36-24)23-12-10-22(11-13-23)26-28-20(2)37-29-26/h8-15,24H,5-7,16-19H2,1-4H3. The van der Waals surface area contributed by atoms with Gasteiger partial charge in [-0.15, -0.1) is 0 Å². The Kier molecular flexibility index (Phi) is 8.80. The van der Waals surface area contributed by atoms with Crippen LogP contribution < -0.4 is 4.90 Å². The first-order valence-corrected chi connectivity index (χ1v) is 14.2. The van der Waals surface area contributed by atoms with E-state index in [1.165, 1.54) is 4.31 Å². The van der Waals surface area contributed by atoms with Crippen LogP contribution >= 0.6 is 0 Å². The SMILES string of the molecule is CCCCc1ccc(S(=O)(=O)N(C)CCN(C)CC2CN(c3ccc(-c4noc(C)n4)cc3)C(=O)O2)cc1. The number of cyclic esters (lactones) is 1. The van der Waals surface area contributed by atoms with E-state index in [2.05, 4.69) is 17.1 Å². The van der Waals surface area contributed by atoms with Crippen LogP contribution in [-0.4, -0.2) is 80.2 Å². The lowest BCUT2D eigenvalue weighted by atomic mass is 10.1. The van der Waals surface area contributed by atoms with Crippen molar-refractivity contribution in [3.05, 3.63) is 60.0 Å². The molecule has 0 radical (unpaired) electrons. The monoisotopic (exact) mass is 541 g/mol. The van der Waals surface area contributed by atoms with Crippen molar-refractivity contribution in [2.45, 2.75) is 44.1 Å². The van der Waals surface area contributed by atoms with Gasteiger partial charge in [0.05, 0.1) is 11.4 Å². The van der Waals surface area contributed by atoms with Crippen molar-refractivity contribution in [1.82, 2.24) is 19.3 Å². The van der Waals surface area contributed by atoms with Crippen molar-refractivity contribution in [3.8, 4) is 11.4 Å². The molecule has 2 aromatic carbocycles. The van der Waals surface area contributed by atoms with Crippen LogP contribution in [0.4, 0.5) is 10.5 Å². The lowest BCUT2D eigenvalue weighted by Crippen LogP contribution is -2.38. The molecule has 1 fully saturated rings. The van der Waals surface area contributed by atoms with E-state index in [4.69, 9.17) is 9.26 Å². The Bertz CT molecular complexity index is 1320. The van der Waals surface area contributed by atoms with Gasteiger partial charge in [0, 0.05) is 44.9 Å². The Balaban J connectivity index is 1.27. The molecule has 38 heavy (non-hydrogen) atoms. The van der Waals surface area contributed by atoms with Gasteiger partial charge in [-0.1, -0.05) is 30.6 Å². The molecule has 10 nitrogen and oxygen atoms in total. The summed E-state index contributed by atoms with van der Waals surface area (Å²) in [4.78, 5) is 20.6. The van der Waals surface area contributed by atoms with Crippen LogP contribution in [0.3, 0.4) is 0 Å². The van der Waals surface area contributed by atoms with Crippen molar-refractivity contribution in [3.63, 3.8) is 0 Å². The summed E-state index contributed by atoms with van der Waals surface area (Å²) in [6.45, 7) is 5.57. The van der Waals surface area contributed by atoms with Gasteiger partial charge in [0.15, 0.2) is 0 Å². The summed E-state index contributed by atoms with van der Waals surface area (Å²) in [7, 11) is -0.0984. The van der Waals surface area contributed by atoms with Gasteiger partial charge in [0.25, 0.3) is 0 Å². The first-order chi connectivity index (χ1) is 18.2. The van der Waals surface area contributed by atoms with Gasteiger partial charge in [-0.2, -0.15) is 9.29 Å². The number of nitrogens with zero attached hydrogens (tertiary/aromatic N) is 5. The maximum absolute atomic E-state index is 13.0. The molecule has 1 aliphatic rings. The van der Waals surface area contributed by atoms with Gasteiger partial charge in [-0.05, 0) is 61.9 Å². The third-order valence-corrected chi connectivity index (χ3v) is 8.47. The largest absolute Gasteiger partial charge is 0.443 e. The topological polar surface area (TPSA) is 109 Å². The molecule has 1 amide bonds. The first-order valence-electron chi connectivity index (χ1n) is 12.8. The van der Waals surface area contributed by atoms with Crippen molar-refractivity contribution in [2.24, 2.45) is 0 Å². The van der Waals surface area contributed by atoms with Crippen LogP contribution in [0, 0.1) is 6.92 Å². The molecule has 2 heterocycles. The quantitative estimate of drug-likeness (QED) is 0.339. The van der Waals surface area contributed by atoms with Crippen molar-refractivity contribution < 1.29 is 22.5 Å². The van der Waals surface area contributed by atoms with Crippen LogP contribution in [0.1, 0.15) is 31.2 Å². The van der Waals surface area contributed by atoms with Crippen molar-refractivity contribution >= 4 is 21.8 Å². The molecule has 1 unspecified atom stereocenters. The Morgan fingerprint density at radius 3 is 2.39 bits per heavy atom. The average Bonchev–Trinajstić information content (AvgIpc) is 3.51.